The van der Waals surface area contributed by atoms with Gasteiger partial charge in [0.2, 0.25) is 0 Å². The first-order valence-corrected chi connectivity index (χ1v) is 7.25. The molecule has 0 amide bonds. The van der Waals surface area contributed by atoms with Crippen LogP contribution in [0, 0.1) is 5.92 Å². The molecular weight excluding hydrogens is 255 g/mol. The first-order chi connectivity index (χ1) is 8.95. The standard InChI is InChI=1S/C13H24F3N3/c14-13(15,16)11-5-4-6-12(9-11,10-17)18-19-7-2-1-3-8-19/h11,18H,1-10,17H2. The van der Waals surface area contributed by atoms with Gasteiger partial charge in [0.15, 0.2) is 0 Å². The van der Waals surface area contributed by atoms with Crippen LogP contribution in [0.15, 0.2) is 0 Å². The molecule has 2 atom stereocenters. The molecule has 112 valence electrons. The van der Waals surface area contributed by atoms with Gasteiger partial charge in [0, 0.05) is 25.2 Å². The summed E-state index contributed by atoms with van der Waals surface area (Å²) >= 11 is 0. The predicted molar refractivity (Wildman–Crippen MR) is 68.4 cm³/mol. The number of nitrogens with one attached hydrogen (secondary N) is 1. The summed E-state index contributed by atoms with van der Waals surface area (Å²) in [6, 6.07) is 0. The minimum absolute atomic E-state index is 0.115. The maximum Gasteiger partial charge on any atom is 0.391 e. The molecule has 2 aliphatic rings. The van der Waals surface area contributed by atoms with Gasteiger partial charge >= 0.3 is 6.18 Å². The Morgan fingerprint density at radius 2 is 1.84 bits per heavy atom. The highest BCUT2D eigenvalue weighted by molar-refractivity contribution is 4.95. The van der Waals surface area contributed by atoms with E-state index in [4.69, 9.17) is 5.73 Å². The largest absolute Gasteiger partial charge is 0.391 e. The van der Waals surface area contributed by atoms with Crippen molar-refractivity contribution in [3.63, 3.8) is 0 Å². The fraction of sp³-hybridized carbons (Fsp3) is 1.00. The monoisotopic (exact) mass is 279 g/mol. The number of piperidine rings is 1. The van der Waals surface area contributed by atoms with Crippen molar-refractivity contribution in [3.8, 4) is 0 Å². The topological polar surface area (TPSA) is 41.3 Å². The van der Waals surface area contributed by atoms with E-state index in [1.165, 1.54) is 6.42 Å². The number of nitrogens with two attached hydrogens (primary N) is 1. The minimum Gasteiger partial charge on any atom is -0.329 e. The van der Waals surface area contributed by atoms with Crippen LogP contribution in [0.4, 0.5) is 13.2 Å². The number of hydrogen-bond donors (Lipinski definition) is 2. The van der Waals surface area contributed by atoms with E-state index in [0.29, 0.717) is 6.42 Å². The van der Waals surface area contributed by atoms with Gasteiger partial charge < -0.3 is 5.73 Å². The molecular formula is C13H24F3N3. The van der Waals surface area contributed by atoms with E-state index in [2.05, 4.69) is 10.4 Å². The molecule has 1 heterocycles. The maximum atomic E-state index is 12.9. The van der Waals surface area contributed by atoms with Crippen LogP contribution >= 0.6 is 0 Å². The number of nitrogens with zero attached hydrogens (tertiary/aromatic N) is 1. The molecule has 1 aliphatic heterocycles. The Kier molecular flexibility index (Phi) is 4.74. The molecule has 1 saturated carbocycles. The van der Waals surface area contributed by atoms with Gasteiger partial charge in [0.1, 0.15) is 0 Å². The number of alkyl halides is 3. The van der Waals surface area contributed by atoms with Crippen molar-refractivity contribution in [2.24, 2.45) is 11.7 Å². The smallest absolute Gasteiger partial charge is 0.329 e. The second kappa shape index (κ2) is 5.97. The lowest BCUT2D eigenvalue weighted by Gasteiger charge is -2.45. The van der Waals surface area contributed by atoms with E-state index in [0.717, 1.165) is 32.4 Å². The maximum absolute atomic E-state index is 12.9. The predicted octanol–water partition coefficient (Wildman–Crippen LogP) is 2.43. The van der Waals surface area contributed by atoms with Gasteiger partial charge in [-0.2, -0.15) is 13.2 Å². The van der Waals surface area contributed by atoms with Gasteiger partial charge in [-0.15, -0.1) is 0 Å². The van der Waals surface area contributed by atoms with Gasteiger partial charge in [0.25, 0.3) is 0 Å². The van der Waals surface area contributed by atoms with Crippen LogP contribution < -0.4 is 11.2 Å². The molecule has 0 radical (unpaired) electrons. The first-order valence-electron chi connectivity index (χ1n) is 7.25. The normalized spacial score (nSPS) is 34.4. The minimum atomic E-state index is -4.09. The molecule has 2 rings (SSSR count). The lowest BCUT2D eigenvalue weighted by Crippen LogP contribution is -2.61. The summed E-state index contributed by atoms with van der Waals surface area (Å²) in [7, 11) is 0. The van der Waals surface area contributed by atoms with E-state index < -0.39 is 17.6 Å². The van der Waals surface area contributed by atoms with E-state index >= 15 is 0 Å². The molecule has 2 fully saturated rings. The molecule has 0 aromatic carbocycles. The summed E-state index contributed by atoms with van der Waals surface area (Å²) in [6.45, 7) is 2.10. The van der Waals surface area contributed by atoms with Crippen LogP contribution in [-0.2, 0) is 0 Å². The molecule has 3 N–H and O–H groups in total. The number of halogens is 3. The summed E-state index contributed by atoms with van der Waals surface area (Å²) in [5, 5.41) is 2.08. The summed E-state index contributed by atoms with van der Waals surface area (Å²) in [5.41, 5.74) is 8.58. The van der Waals surface area contributed by atoms with Crippen molar-refractivity contribution < 1.29 is 13.2 Å². The molecule has 6 heteroatoms. The Bertz CT molecular complexity index is 289. The highest BCUT2D eigenvalue weighted by atomic mass is 19.4. The lowest BCUT2D eigenvalue weighted by molar-refractivity contribution is -0.190. The van der Waals surface area contributed by atoms with Crippen LogP contribution in [0.1, 0.15) is 44.9 Å². The molecule has 2 unspecified atom stereocenters. The van der Waals surface area contributed by atoms with Crippen LogP contribution in [0.25, 0.3) is 0 Å². The molecule has 1 saturated heterocycles. The van der Waals surface area contributed by atoms with Crippen molar-refractivity contribution in [3.05, 3.63) is 0 Å². The summed E-state index contributed by atoms with van der Waals surface area (Å²) in [4.78, 5) is 0. The molecule has 3 nitrogen and oxygen atoms in total. The van der Waals surface area contributed by atoms with E-state index in [1.54, 1.807) is 0 Å². The second-order valence-corrected chi connectivity index (χ2v) is 5.98. The fourth-order valence-electron chi connectivity index (χ4n) is 3.32. The Morgan fingerprint density at radius 1 is 1.16 bits per heavy atom. The highest BCUT2D eigenvalue weighted by Gasteiger charge is 2.47. The van der Waals surface area contributed by atoms with Crippen molar-refractivity contribution in [2.45, 2.75) is 56.7 Å². The van der Waals surface area contributed by atoms with Gasteiger partial charge in [-0.1, -0.05) is 12.8 Å². The SMILES string of the molecule is NCC1(NN2CCCCC2)CCCC(C(F)(F)F)C1. The number of hydrazine groups is 1. The molecule has 0 aromatic heterocycles. The molecule has 0 bridgehead atoms. The van der Waals surface area contributed by atoms with Crippen LogP contribution in [0.2, 0.25) is 0 Å². The van der Waals surface area contributed by atoms with Gasteiger partial charge in [0.05, 0.1) is 5.92 Å². The van der Waals surface area contributed by atoms with Crippen LogP contribution in [-0.4, -0.2) is 36.4 Å². The fourth-order valence-corrected chi connectivity index (χ4v) is 3.32. The lowest BCUT2D eigenvalue weighted by atomic mass is 9.75. The van der Waals surface area contributed by atoms with Crippen molar-refractivity contribution >= 4 is 0 Å². The quantitative estimate of drug-likeness (QED) is 0.833. The summed E-state index contributed by atoms with van der Waals surface area (Å²) in [5.74, 6) is -1.21. The van der Waals surface area contributed by atoms with Crippen molar-refractivity contribution in [1.82, 2.24) is 10.4 Å². The van der Waals surface area contributed by atoms with Crippen molar-refractivity contribution in [2.75, 3.05) is 19.6 Å². The number of hydrogen-bond acceptors (Lipinski definition) is 3. The van der Waals surface area contributed by atoms with Crippen LogP contribution in [0.3, 0.4) is 0 Å². The first kappa shape index (κ1) is 15.1. The Balaban J connectivity index is 2.00. The molecule has 0 spiro atoms. The third-order valence-corrected chi connectivity index (χ3v) is 4.45. The summed E-state index contributed by atoms with van der Waals surface area (Å²) in [6.07, 6.45) is 1.03. The summed E-state index contributed by atoms with van der Waals surface area (Å²) < 4.78 is 38.8. The van der Waals surface area contributed by atoms with E-state index in [-0.39, 0.29) is 19.4 Å². The average molecular weight is 279 g/mol. The Morgan fingerprint density at radius 3 is 2.42 bits per heavy atom. The zero-order chi connectivity index (χ0) is 13.9. The van der Waals surface area contributed by atoms with Gasteiger partial charge in [-0.25, -0.2) is 10.4 Å². The molecule has 0 aromatic rings. The van der Waals surface area contributed by atoms with Gasteiger partial charge in [-0.05, 0) is 32.1 Å². The third-order valence-electron chi connectivity index (χ3n) is 4.45. The highest BCUT2D eigenvalue weighted by Crippen LogP contribution is 2.41. The molecule has 1 aliphatic carbocycles. The third kappa shape index (κ3) is 3.83. The van der Waals surface area contributed by atoms with E-state index in [1.807, 2.05) is 0 Å². The average Bonchev–Trinajstić information content (AvgIpc) is 2.39. The molecule has 19 heavy (non-hydrogen) atoms. The number of rotatable bonds is 3. The van der Waals surface area contributed by atoms with Crippen LogP contribution in [0.5, 0.6) is 0 Å². The zero-order valence-corrected chi connectivity index (χ0v) is 11.3. The van der Waals surface area contributed by atoms with Gasteiger partial charge in [-0.3, -0.25) is 0 Å². The van der Waals surface area contributed by atoms with Crippen molar-refractivity contribution in [1.29, 1.82) is 0 Å². The van der Waals surface area contributed by atoms with E-state index in [9.17, 15) is 13.2 Å². The Labute approximate surface area is 112 Å². The second-order valence-electron chi connectivity index (χ2n) is 5.98. The zero-order valence-electron chi connectivity index (χ0n) is 11.3. The Hall–Kier alpha value is -0.330.